The lowest BCUT2D eigenvalue weighted by Gasteiger charge is -2.26. The van der Waals surface area contributed by atoms with E-state index in [0.717, 1.165) is 36.0 Å². The number of sulfonamides is 1. The van der Waals surface area contributed by atoms with Gasteiger partial charge >= 0.3 is 0 Å². The monoisotopic (exact) mass is 455 g/mol. The third-order valence-corrected chi connectivity index (χ3v) is 7.37. The number of pyridine rings is 1. The van der Waals surface area contributed by atoms with Crippen molar-refractivity contribution in [3.63, 3.8) is 0 Å². The first-order valence-corrected chi connectivity index (χ1v) is 12.5. The van der Waals surface area contributed by atoms with E-state index >= 15 is 0 Å². The standard InChI is InChI=1S/C17H13NO.C7H16N2O3S/c1-10-6-7-12-11(8-10)9-15-13-4-2-3-5-14(13)17(19)18-16(12)15;1-8-13(10,11)7-4-9-2-5-12-6-3-9/h2-8H,9H2,1H3,(H,18,19);8H,2-7H2,1H3. The Labute approximate surface area is 188 Å². The molecule has 1 aliphatic carbocycles. The van der Waals surface area contributed by atoms with Gasteiger partial charge in [0.1, 0.15) is 0 Å². The van der Waals surface area contributed by atoms with Crippen LogP contribution in [0.3, 0.4) is 0 Å². The van der Waals surface area contributed by atoms with E-state index < -0.39 is 10.0 Å². The van der Waals surface area contributed by atoms with Crippen LogP contribution in [0, 0.1) is 6.92 Å². The molecular formula is C24H29N3O4S. The number of aromatic amines is 1. The number of fused-ring (bicyclic) bond motifs is 5. The van der Waals surface area contributed by atoms with E-state index in [1.807, 2.05) is 24.3 Å². The van der Waals surface area contributed by atoms with Crippen molar-refractivity contribution in [2.45, 2.75) is 13.3 Å². The van der Waals surface area contributed by atoms with Crippen LogP contribution >= 0.6 is 0 Å². The number of aryl methyl sites for hydroxylation is 1. The molecule has 0 bridgehead atoms. The average Bonchev–Trinajstić information content (AvgIpc) is 3.17. The summed E-state index contributed by atoms with van der Waals surface area (Å²) < 4.78 is 29.6. The van der Waals surface area contributed by atoms with Crippen LogP contribution < -0.4 is 10.3 Å². The molecule has 2 aliphatic rings. The summed E-state index contributed by atoms with van der Waals surface area (Å²) >= 11 is 0. The fourth-order valence-electron chi connectivity index (χ4n) is 4.23. The van der Waals surface area contributed by atoms with Crippen molar-refractivity contribution in [1.82, 2.24) is 14.6 Å². The number of ether oxygens (including phenoxy) is 1. The molecule has 1 aliphatic heterocycles. The Morgan fingerprint density at radius 1 is 1.09 bits per heavy atom. The molecular weight excluding hydrogens is 426 g/mol. The van der Waals surface area contributed by atoms with Gasteiger partial charge < -0.3 is 9.72 Å². The number of rotatable bonds is 4. The molecule has 0 unspecified atom stereocenters. The lowest BCUT2D eigenvalue weighted by atomic mass is 10.0. The highest BCUT2D eigenvalue weighted by Crippen LogP contribution is 2.37. The topological polar surface area (TPSA) is 91.5 Å². The fraction of sp³-hybridized carbons (Fsp3) is 0.375. The number of nitrogens with zero attached hydrogens (tertiary/aromatic N) is 1. The summed E-state index contributed by atoms with van der Waals surface area (Å²) in [7, 11) is -1.61. The highest BCUT2D eigenvalue weighted by atomic mass is 32.2. The van der Waals surface area contributed by atoms with Gasteiger partial charge in [-0.1, -0.05) is 42.0 Å². The van der Waals surface area contributed by atoms with Gasteiger partial charge in [0.15, 0.2) is 0 Å². The molecule has 32 heavy (non-hydrogen) atoms. The molecule has 7 nitrogen and oxygen atoms in total. The Morgan fingerprint density at radius 2 is 1.81 bits per heavy atom. The summed E-state index contributed by atoms with van der Waals surface area (Å²) in [5.74, 6) is 0.170. The van der Waals surface area contributed by atoms with Crippen molar-refractivity contribution >= 4 is 20.8 Å². The lowest BCUT2D eigenvalue weighted by molar-refractivity contribution is 0.0408. The van der Waals surface area contributed by atoms with Crippen LogP contribution in [0.2, 0.25) is 0 Å². The predicted molar refractivity (Wildman–Crippen MR) is 128 cm³/mol. The van der Waals surface area contributed by atoms with Gasteiger partial charge in [-0.15, -0.1) is 0 Å². The summed E-state index contributed by atoms with van der Waals surface area (Å²) in [6, 6.07) is 14.3. The second kappa shape index (κ2) is 9.54. The molecule has 0 radical (unpaired) electrons. The molecule has 1 saturated heterocycles. The van der Waals surface area contributed by atoms with Crippen molar-refractivity contribution in [3.05, 3.63) is 69.5 Å². The van der Waals surface area contributed by atoms with Gasteiger partial charge in [0.2, 0.25) is 10.0 Å². The smallest absolute Gasteiger partial charge is 0.256 e. The van der Waals surface area contributed by atoms with Crippen molar-refractivity contribution < 1.29 is 13.2 Å². The number of aromatic nitrogens is 1. The Morgan fingerprint density at radius 3 is 2.53 bits per heavy atom. The molecule has 2 aromatic carbocycles. The summed E-state index contributed by atoms with van der Waals surface area (Å²) in [4.78, 5) is 17.3. The minimum Gasteiger partial charge on any atom is -0.379 e. The number of nitrogens with one attached hydrogen (secondary N) is 2. The van der Waals surface area contributed by atoms with E-state index in [2.05, 4.69) is 39.7 Å². The second-order valence-electron chi connectivity index (χ2n) is 8.17. The van der Waals surface area contributed by atoms with Crippen molar-refractivity contribution in [3.8, 4) is 11.3 Å². The molecule has 0 saturated carbocycles. The molecule has 1 aromatic heterocycles. The Balaban J connectivity index is 0.000000166. The first-order chi connectivity index (χ1) is 15.4. The van der Waals surface area contributed by atoms with E-state index in [9.17, 15) is 13.2 Å². The zero-order valence-electron chi connectivity index (χ0n) is 18.5. The third kappa shape index (κ3) is 4.94. The lowest BCUT2D eigenvalue weighted by Crippen LogP contribution is -2.40. The molecule has 2 heterocycles. The van der Waals surface area contributed by atoms with Gasteiger partial charge in [0, 0.05) is 37.0 Å². The SMILES string of the molecule is CNS(=O)(=O)CCN1CCOCC1.Cc1ccc2c(c1)Cc1c-2[nH]c(=O)c2ccccc12. The fourth-order valence-corrected chi connectivity index (χ4v) is 4.93. The summed E-state index contributed by atoms with van der Waals surface area (Å²) in [6.45, 7) is 5.77. The highest BCUT2D eigenvalue weighted by molar-refractivity contribution is 7.89. The van der Waals surface area contributed by atoms with Crippen molar-refractivity contribution in [1.29, 1.82) is 0 Å². The quantitative estimate of drug-likeness (QED) is 0.493. The second-order valence-corrected chi connectivity index (χ2v) is 10.2. The summed E-state index contributed by atoms with van der Waals surface area (Å²) in [5.41, 5.74) is 5.99. The van der Waals surface area contributed by atoms with Gasteiger partial charge in [-0.2, -0.15) is 0 Å². The van der Waals surface area contributed by atoms with Crippen LogP contribution in [-0.4, -0.2) is 64.0 Å². The molecule has 0 spiro atoms. The molecule has 3 aromatic rings. The van der Waals surface area contributed by atoms with E-state index in [4.69, 9.17) is 4.74 Å². The first-order valence-electron chi connectivity index (χ1n) is 10.8. The van der Waals surface area contributed by atoms with Gasteiger partial charge in [-0.3, -0.25) is 9.69 Å². The maximum atomic E-state index is 12.2. The molecule has 8 heteroatoms. The van der Waals surface area contributed by atoms with Gasteiger partial charge in [0.05, 0.1) is 24.7 Å². The van der Waals surface area contributed by atoms with E-state index in [1.54, 1.807) is 0 Å². The first kappa shape index (κ1) is 22.7. The molecule has 2 N–H and O–H groups in total. The average molecular weight is 456 g/mol. The molecule has 5 rings (SSSR count). The Kier molecular flexibility index (Phi) is 6.76. The van der Waals surface area contributed by atoms with Crippen LogP contribution in [-0.2, 0) is 21.2 Å². The van der Waals surface area contributed by atoms with Crippen LogP contribution in [0.15, 0.2) is 47.3 Å². The molecule has 170 valence electrons. The normalized spacial score (nSPS) is 15.7. The maximum Gasteiger partial charge on any atom is 0.256 e. The van der Waals surface area contributed by atoms with Crippen molar-refractivity contribution in [2.75, 3.05) is 45.6 Å². The number of benzene rings is 2. The number of H-pyrrole nitrogens is 1. The highest BCUT2D eigenvalue weighted by Gasteiger charge is 2.22. The third-order valence-electron chi connectivity index (χ3n) is 6.03. The predicted octanol–water partition coefficient (Wildman–Crippen LogP) is 2.28. The Hall–Kier alpha value is -2.52. The van der Waals surface area contributed by atoms with Crippen LogP contribution in [0.25, 0.3) is 22.0 Å². The van der Waals surface area contributed by atoms with E-state index in [0.29, 0.717) is 19.8 Å². The molecule has 1 fully saturated rings. The molecule has 0 amide bonds. The van der Waals surface area contributed by atoms with Gasteiger partial charge in [-0.25, -0.2) is 13.1 Å². The largest absolute Gasteiger partial charge is 0.379 e. The van der Waals surface area contributed by atoms with E-state index in [-0.39, 0.29) is 11.3 Å². The van der Waals surface area contributed by atoms with Crippen LogP contribution in [0.4, 0.5) is 0 Å². The molecule has 0 atom stereocenters. The minimum absolute atomic E-state index is 0.00257. The summed E-state index contributed by atoms with van der Waals surface area (Å²) in [6.07, 6.45) is 0.906. The van der Waals surface area contributed by atoms with Crippen LogP contribution in [0.1, 0.15) is 16.7 Å². The van der Waals surface area contributed by atoms with E-state index in [1.165, 1.54) is 29.3 Å². The maximum absolute atomic E-state index is 12.2. The van der Waals surface area contributed by atoms with Crippen LogP contribution in [0.5, 0.6) is 0 Å². The minimum atomic E-state index is -3.05. The van der Waals surface area contributed by atoms with Gasteiger partial charge in [-0.05, 0) is 36.6 Å². The number of hydrogen-bond acceptors (Lipinski definition) is 5. The zero-order chi connectivity index (χ0) is 22.7. The number of hydrogen-bond donors (Lipinski definition) is 2. The zero-order valence-corrected chi connectivity index (χ0v) is 19.3. The number of morpholine rings is 1. The summed E-state index contributed by atoms with van der Waals surface area (Å²) in [5, 5.41) is 1.86. The van der Waals surface area contributed by atoms with Gasteiger partial charge in [0.25, 0.3) is 5.56 Å². The Bertz CT molecular complexity index is 1280. The van der Waals surface area contributed by atoms with Crippen molar-refractivity contribution in [2.24, 2.45) is 0 Å².